The topological polar surface area (TPSA) is 35.6 Å². The first-order chi connectivity index (χ1) is 14.1. The number of nitrogens with zero attached hydrogens (tertiary/aromatic N) is 2. The van der Waals surface area contributed by atoms with Crippen molar-refractivity contribution in [1.29, 1.82) is 0 Å². The van der Waals surface area contributed by atoms with Crippen LogP contribution in [0.1, 0.15) is 27.5 Å². The van der Waals surface area contributed by atoms with Crippen LogP contribution in [-0.4, -0.2) is 43.0 Å². The molecule has 1 aliphatic heterocycles. The fourth-order valence-electron chi connectivity index (χ4n) is 3.92. The van der Waals surface area contributed by atoms with E-state index in [2.05, 4.69) is 39.6 Å². The standard InChI is InChI=1S/C22H24FN3OS2/c1-16(24-22(27)20-9-5-15-29-20)21(19-8-4-14-28-19)26-12-10-25(11-13-26)18-7-3-2-6-17(18)23/h2-9,14-16,21H,10-13H2,1H3,(H,24,27)/t16-,21+/m0/s1. The zero-order chi connectivity index (χ0) is 20.2. The molecule has 1 fully saturated rings. The third-order valence-electron chi connectivity index (χ3n) is 5.31. The Labute approximate surface area is 178 Å². The van der Waals surface area contributed by atoms with E-state index >= 15 is 0 Å². The minimum absolute atomic E-state index is 0.0287. The number of hydrogen-bond acceptors (Lipinski definition) is 5. The number of anilines is 1. The second kappa shape index (κ2) is 9.07. The maximum Gasteiger partial charge on any atom is 0.261 e. The second-order valence-corrected chi connectivity index (χ2v) is 9.10. The number of rotatable bonds is 6. The highest BCUT2D eigenvalue weighted by molar-refractivity contribution is 7.12. The van der Waals surface area contributed by atoms with Crippen molar-refractivity contribution in [2.45, 2.75) is 19.0 Å². The number of amides is 1. The van der Waals surface area contributed by atoms with E-state index in [-0.39, 0.29) is 23.8 Å². The van der Waals surface area contributed by atoms with E-state index in [1.807, 2.05) is 29.6 Å². The molecule has 1 amide bonds. The molecular formula is C22H24FN3OS2. The SMILES string of the molecule is C[C@H](NC(=O)c1cccs1)[C@H](c1cccs1)N1CCN(c2ccccc2F)CC1. The van der Waals surface area contributed by atoms with Gasteiger partial charge < -0.3 is 10.2 Å². The lowest BCUT2D eigenvalue weighted by Gasteiger charge is -2.42. The maximum atomic E-state index is 14.2. The Morgan fingerprint density at radius 1 is 1.00 bits per heavy atom. The molecule has 7 heteroatoms. The van der Waals surface area contributed by atoms with Crippen LogP contribution >= 0.6 is 22.7 Å². The molecule has 0 saturated carbocycles. The molecule has 152 valence electrons. The van der Waals surface area contributed by atoms with Gasteiger partial charge in [0, 0.05) is 37.1 Å². The van der Waals surface area contributed by atoms with Gasteiger partial charge in [-0.05, 0) is 41.9 Å². The zero-order valence-corrected chi connectivity index (χ0v) is 17.9. The Morgan fingerprint density at radius 2 is 1.72 bits per heavy atom. The molecular weight excluding hydrogens is 405 g/mol. The Kier molecular flexibility index (Phi) is 6.28. The predicted molar refractivity (Wildman–Crippen MR) is 118 cm³/mol. The van der Waals surface area contributed by atoms with Gasteiger partial charge in [-0.15, -0.1) is 22.7 Å². The van der Waals surface area contributed by atoms with Gasteiger partial charge >= 0.3 is 0 Å². The summed E-state index contributed by atoms with van der Waals surface area (Å²) in [7, 11) is 0. The molecule has 4 rings (SSSR count). The largest absolute Gasteiger partial charge is 0.367 e. The number of thiophene rings is 2. The van der Waals surface area contributed by atoms with E-state index in [1.165, 1.54) is 22.3 Å². The van der Waals surface area contributed by atoms with Crippen molar-refractivity contribution in [3.63, 3.8) is 0 Å². The van der Waals surface area contributed by atoms with Gasteiger partial charge in [0.2, 0.25) is 0 Å². The van der Waals surface area contributed by atoms with Crippen molar-refractivity contribution in [3.05, 3.63) is 74.9 Å². The van der Waals surface area contributed by atoms with E-state index in [9.17, 15) is 9.18 Å². The zero-order valence-electron chi connectivity index (χ0n) is 16.3. The minimum Gasteiger partial charge on any atom is -0.367 e. The van der Waals surface area contributed by atoms with Gasteiger partial charge in [-0.3, -0.25) is 9.69 Å². The first-order valence-electron chi connectivity index (χ1n) is 9.75. The lowest BCUT2D eigenvalue weighted by molar-refractivity contribution is 0.0894. The molecule has 2 atom stereocenters. The summed E-state index contributed by atoms with van der Waals surface area (Å²) in [5, 5.41) is 7.17. The second-order valence-electron chi connectivity index (χ2n) is 7.17. The number of para-hydroxylation sites is 1. The van der Waals surface area contributed by atoms with Crippen molar-refractivity contribution >= 4 is 34.3 Å². The molecule has 1 aromatic carbocycles. The number of halogens is 1. The summed E-state index contributed by atoms with van der Waals surface area (Å²) in [6, 6.07) is 14.9. The van der Waals surface area contributed by atoms with Crippen LogP contribution in [0.3, 0.4) is 0 Å². The predicted octanol–water partition coefficient (Wildman–Crippen LogP) is 4.63. The summed E-state index contributed by atoms with van der Waals surface area (Å²) >= 11 is 3.17. The Bertz CT molecular complexity index is 921. The van der Waals surface area contributed by atoms with Crippen LogP contribution in [0.4, 0.5) is 10.1 Å². The summed E-state index contributed by atoms with van der Waals surface area (Å²) < 4.78 is 14.2. The van der Waals surface area contributed by atoms with Crippen molar-refractivity contribution in [3.8, 4) is 0 Å². The molecule has 1 saturated heterocycles. The summed E-state index contributed by atoms with van der Waals surface area (Å²) in [5.41, 5.74) is 0.666. The monoisotopic (exact) mass is 429 g/mol. The Morgan fingerprint density at radius 3 is 2.38 bits per heavy atom. The van der Waals surface area contributed by atoms with Gasteiger partial charge in [-0.25, -0.2) is 4.39 Å². The first-order valence-corrected chi connectivity index (χ1v) is 11.5. The number of carbonyl (C=O) groups excluding carboxylic acids is 1. The number of hydrogen-bond donors (Lipinski definition) is 1. The van der Waals surface area contributed by atoms with Crippen LogP contribution in [0.25, 0.3) is 0 Å². The fraction of sp³-hybridized carbons (Fsp3) is 0.318. The number of piperazine rings is 1. The van der Waals surface area contributed by atoms with Crippen LogP contribution < -0.4 is 10.2 Å². The molecule has 0 spiro atoms. The van der Waals surface area contributed by atoms with Crippen LogP contribution in [0.15, 0.2) is 59.3 Å². The highest BCUT2D eigenvalue weighted by Gasteiger charge is 2.31. The lowest BCUT2D eigenvalue weighted by Crippen LogP contribution is -2.52. The van der Waals surface area contributed by atoms with Gasteiger partial charge in [-0.1, -0.05) is 24.3 Å². The Balaban J connectivity index is 1.47. The van der Waals surface area contributed by atoms with Crippen molar-refractivity contribution < 1.29 is 9.18 Å². The van der Waals surface area contributed by atoms with Gasteiger partial charge in [-0.2, -0.15) is 0 Å². The number of carbonyl (C=O) groups is 1. The van der Waals surface area contributed by atoms with E-state index in [1.54, 1.807) is 17.4 Å². The van der Waals surface area contributed by atoms with Crippen molar-refractivity contribution in [2.24, 2.45) is 0 Å². The van der Waals surface area contributed by atoms with Gasteiger partial charge in [0.1, 0.15) is 5.82 Å². The smallest absolute Gasteiger partial charge is 0.261 e. The summed E-state index contributed by atoms with van der Waals surface area (Å²) in [5.74, 6) is -0.202. The van der Waals surface area contributed by atoms with Crippen molar-refractivity contribution in [2.75, 3.05) is 31.1 Å². The van der Waals surface area contributed by atoms with Crippen LogP contribution in [0, 0.1) is 5.82 Å². The highest BCUT2D eigenvalue weighted by atomic mass is 32.1. The van der Waals surface area contributed by atoms with E-state index in [0.29, 0.717) is 5.69 Å². The maximum absolute atomic E-state index is 14.2. The van der Waals surface area contributed by atoms with Gasteiger partial charge in [0.05, 0.1) is 16.6 Å². The van der Waals surface area contributed by atoms with Crippen molar-refractivity contribution in [1.82, 2.24) is 10.2 Å². The molecule has 0 aliphatic carbocycles. The minimum atomic E-state index is -0.174. The summed E-state index contributed by atoms with van der Waals surface area (Å²) in [6.45, 7) is 5.22. The normalized spacial score (nSPS) is 17.1. The van der Waals surface area contributed by atoms with E-state index in [0.717, 1.165) is 31.1 Å². The highest BCUT2D eigenvalue weighted by Crippen LogP contribution is 2.31. The molecule has 3 heterocycles. The molecule has 2 aromatic heterocycles. The van der Waals surface area contributed by atoms with Crippen LogP contribution in [-0.2, 0) is 0 Å². The fourth-order valence-corrected chi connectivity index (χ4v) is 5.51. The quantitative estimate of drug-likeness (QED) is 0.621. The lowest BCUT2D eigenvalue weighted by atomic mass is 10.0. The Hall–Kier alpha value is -2.22. The number of nitrogens with one attached hydrogen (secondary N) is 1. The molecule has 29 heavy (non-hydrogen) atoms. The average Bonchev–Trinajstić information content (AvgIpc) is 3.44. The van der Waals surface area contributed by atoms with Crippen LogP contribution in [0.5, 0.6) is 0 Å². The third-order valence-corrected chi connectivity index (χ3v) is 7.12. The summed E-state index contributed by atoms with van der Waals surface area (Å²) in [4.78, 5) is 19.1. The molecule has 3 aromatic rings. The van der Waals surface area contributed by atoms with E-state index in [4.69, 9.17) is 0 Å². The molecule has 0 bridgehead atoms. The van der Waals surface area contributed by atoms with Gasteiger partial charge in [0.25, 0.3) is 5.91 Å². The van der Waals surface area contributed by atoms with Gasteiger partial charge in [0.15, 0.2) is 0 Å². The molecule has 1 aliphatic rings. The number of benzene rings is 1. The average molecular weight is 430 g/mol. The summed E-state index contributed by atoms with van der Waals surface area (Å²) in [6.07, 6.45) is 0. The molecule has 0 unspecified atom stereocenters. The van der Waals surface area contributed by atoms with E-state index < -0.39 is 0 Å². The molecule has 0 radical (unpaired) electrons. The first kappa shape index (κ1) is 20.1. The van der Waals surface area contributed by atoms with Crippen LogP contribution in [0.2, 0.25) is 0 Å². The molecule has 1 N–H and O–H groups in total. The third kappa shape index (κ3) is 4.52. The molecule has 4 nitrogen and oxygen atoms in total.